The standard InChI is InChI=1S/C25H31IO5/c1-5-16(13-17-14-21(26)25(29)23(15-17)31-4)7-12-22(27)20(6-2)24(28)18-8-10-19(30-3)11-9-18/h6,8-11,13-15,20,22,24,27-29H,2,5,7,12H2,1,3-4H3/b16-13+/t20-,22-,24-/m1/s1. The molecular formula is C25H31IO5. The topological polar surface area (TPSA) is 79.2 Å². The molecule has 0 bridgehead atoms. The van der Waals surface area contributed by atoms with E-state index in [1.807, 2.05) is 6.07 Å². The van der Waals surface area contributed by atoms with E-state index in [0.717, 1.165) is 17.6 Å². The lowest BCUT2D eigenvalue weighted by Crippen LogP contribution is -2.25. The fourth-order valence-electron chi connectivity index (χ4n) is 3.46. The number of phenolic OH excluding ortho intramolecular Hbond substituents is 1. The van der Waals surface area contributed by atoms with E-state index in [9.17, 15) is 15.3 Å². The Morgan fingerprint density at radius 2 is 1.81 bits per heavy atom. The molecule has 3 atom stereocenters. The maximum absolute atomic E-state index is 10.8. The van der Waals surface area contributed by atoms with Gasteiger partial charge in [0.05, 0.1) is 30.0 Å². The van der Waals surface area contributed by atoms with Gasteiger partial charge in [-0.3, -0.25) is 0 Å². The number of halogens is 1. The van der Waals surface area contributed by atoms with Gasteiger partial charge in [-0.15, -0.1) is 6.58 Å². The van der Waals surface area contributed by atoms with Crippen LogP contribution in [0.4, 0.5) is 0 Å². The van der Waals surface area contributed by atoms with Crippen molar-refractivity contribution in [2.24, 2.45) is 5.92 Å². The van der Waals surface area contributed by atoms with Gasteiger partial charge in [0.25, 0.3) is 0 Å². The third-order valence-electron chi connectivity index (χ3n) is 5.40. The summed E-state index contributed by atoms with van der Waals surface area (Å²) in [6, 6.07) is 10.9. The molecule has 3 N–H and O–H groups in total. The van der Waals surface area contributed by atoms with E-state index < -0.39 is 18.1 Å². The Hall–Kier alpha value is -2.03. The number of aliphatic hydroxyl groups is 2. The summed E-state index contributed by atoms with van der Waals surface area (Å²) in [5.74, 6) is 0.796. The lowest BCUT2D eigenvalue weighted by atomic mass is 9.87. The fourth-order valence-corrected chi connectivity index (χ4v) is 4.09. The largest absolute Gasteiger partial charge is 0.504 e. The highest BCUT2D eigenvalue weighted by molar-refractivity contribution is 14.1. The number of benzene rings is 2. The second-order valence-electron chi connectivity index (χ2n) is 7.35. The van der Waals surface area contributed by atoms with Gasteiger partial charge in [0, 0.05) is 5.92 Å². The van der Waals surface area contributed by atoms with Crippen LogP contribution in [-0.4, -0.2) is 35.6 Å². The minimum atomic E-state index is -0.851. The molecule has 0 aliphatic rings. The van der Waals surface area contributed by atoms with Crippen molar-refractivity contribution in [3.63, 3.8) is 0 Å². The van der Waals surface area contributed by atoms with Crippen LogP contribution in [0, 0.1) is 9.49 Å². The Balaban J connectivity index is 2.10. The number of hydrogen-bond acceptors (Lipinski definition) is 5. The van der Waals surface area contributed by atoms with E-state index in [1.165, 1.54) is 7.11 Å². The Kier molecular flexibility index (Phi) is 9.87. The van der Waals surface area contributed by atoms with Crippen molar-refractivity contribution in [1.82, 2.24) is 0 Å². The minimum Gasteiger partial charge on any atom is -0.504 e. The molecule has 0 aliphatic carbocycles. The van der Waals surface area contributed by atoms with Crippen LogP contribution < -0.4 is 9.47 Å². The minimum absolute atomic E-state index is 0.134. The number of aromatic hydroxyl groups is 1. The van der Waals surface area contributed by atoms with Crippen molar-refractivity contribution in [2.75, 3.05) is 14.2 Å². The summed E-state index contributed by atoms with van der Waals surface area (Å²) in [4.78, 5) is 0. The van der Waals surface area contributed by atoms with E-state index in [-0.39, 0.29) is 5.75 Å². The zero-order valence-electron chi connectivity index (χ0n) is 18.2. The maximum Gasteiger partial charge on any atom is 0.171 e. The molecule has 2 aromatic rings. The number of hydrogen-bond donors (Lipinski definition) is 3. The molecule has 0 amide bonds. The molecule has 0 aliphatic heterocycles. The lowest BCUT2D eigenvalue weighted by Gasteiger charge is -2.25. The van der Waals surface area contributed by atoms with Gasteiger partial charge in [-0.2, -0.15) is 0 Å². The average Bonchev–Trinajstić information content (AvgIpc) is 2.79. The van der Waals surface area contributed by atoms with Crippen LogP contribution in [-0.2, 0) is 0 Å². The molecule has 0 spiro atoms. The van der Waals surface area contributed by atoms with Crippen LogP contribution in [0.5, 0.6) is 17.2 Å². The van der Waals surface area contributed by atoms with Gasteiger partial charge in [-0.05, 0) is 77.2 Å². The molecule has 31 heavy (non-hydrogen) atoms. The smallest absolute Gasteiger partial charge is 0.171 e. The molecule has 5 nitrogen and oxygen atoms in total. The van der Waals surface area contributed by atoms with Crippen molar-refractivity contribution >= 4 is 28.7 Å². The van der Waals surface area contributed by atoms with Crippen molar-refractivity contribution in [2.45, 2.75) is 38.4 Å². The second-order valence-corrected chi connectivity index (χ2v) is 8.51. The molecule has 0 unspecified atom stereocenters. The predicted molar refractivity (Wildman–Crippen MR) is 133 cm³/mol. The average molecular weight is 538 g/mol. The third kappa shape index (κ3) is 6.72. The molecule has 2 rings (SSSR count). The van der Waals surface area contributed by atoms with E-state index in [1.54, 1.807) is 43.5 Å². The quantitative estimate of drug-likeness (QED) is 0.261. The van der Waals surface area contributed by atoms with Crippen molar-refractivity contribution < 1.29 is 24.8 Å². The van der Waals surface area contributed by atoms with Crippen LogP contribution in [0.1, 0.15) is 43.4 Å². The summed E-state index contributed by atoms with van der Waals surface area (Å²) in [7, 11) is 3.12. The van der Waals surface area contributed by atoms with Crippen LogP contribution in [0.15, 0.2) is 54.6 Å². The van der Waals surface area contributed by atoms with Gasteiger partial charge in [0.15, 0.2) is 11.5 Å². The van der Waals surface area contributed by atoms with Crippen LogP contribution >= 0.6 is 22.6 Å². The Morgan fingerprint density at radius 3 is 2.35 bits per heavy atom. The summed E-state index contributed by atoms with van der Waals surface area (Å²) in [6.45, 7) is 5.88. The zero-order chi connectivity index (χ0) is 23.0. The molecule has 0 radical (unpaired) electrons. The number of ether oxygens (including phenoxy) is 2. The Morgan fingerprint density at radius 1 is 1.13 bits per heavy atom. The first kappa shape index (κ1) is 25.2. The molecule has 2 aromatic carbocycles. The third-order valence-corrected chi connectivity index (χ3v) is 6.22. The van der Waals surface area contributed by atoms with E-state index in [2.05, 4.69) is 42.2 Å². The summed E-state index contributed by atoms with van der Waals surface area (Å²) in [5, 5.41) is 31.6. The summed E-state index contributed by atoms with van der Waals surface area (Å²) < 4.78 is 11.1. The SMILES string of the molecule is C=C[C@H]([C@H](O)CC/C(=C/c1cc(I)c(O)c(OC)c1)CC)[C@H](O)c1ccc(OC)cc1. The lowest BCUT2D eigenvalue weighted by molar-refractivity contribution is 0.0318. The van der Waals surface area contributed by atoms with Crippen LogP contribution in [0.3, 0.4) is 0 Å². The molecule has 168 valence electrons. The predicted octanol–water partition coefficient (Wildman–Crippen LogP) is 5.48. The molecule has 0 aromatic heterocycles. The van der Waals surface area contributed by atoms with E-state index in [4.69, 9.17) is 9.47 Å². The van der Waals surface area contributed by atoms with Gasteiger partial charge >= 0.3 is 0 Å². The van der Waals surface area contributed by atoms with Gasteiger partial charge in [-0.25, -0.2) is 0 Å². The van der Waals surface area contributed by atoms with Crippen molar-refractivity contribution in [3.8, 4) is 17.2 Å². The van der Waals surface area contributed by atoms with Gasteiger partial charge in [-0.1, -0.05) is 36.8 Å². The summed E-state index contributed by atoms with van der Waals surface area (Å²) >= 11 is 2.07. The molecule has 0 fully saturated rings. The molecule has 6 heteroatoms. The van der Waals surface area contributed by atoms with E-state index >= 15 is 0 Å². The zero-order valence-corrected chi connectivity index (χ0v) is 20.4. The number of aliphatic hydroxyl groups excluding tert-OH is 2. The first-order valence-corrected chi connectivity index (χ1v) is 11.3. The number of methoxy groups -OCH3 is 2. The van der Waals surface area contributed by atoms with Gasteiger partial charge in [0.1, 0.15) is 5.75 Å². The normalized spacial score (nSPS) is 14.6. The highest BCUT2D eigenvalue weighted by Gasteiger charge is 2.25. The first-order valence-electron chi connectivity index (χ1n) is 10.2. The molecule has 0 saturated heterocycles. The van der Waals surface area contributed by atoms with Crippen molar-refractivity contribution in [1.29, 1.82) is 0 Å². The summed E-state index contributed by atoms with van der Waals surface area (Å²) in [6.07, 6.45) is 4.08. The molecular weight excluding hydrogens is 507 g/mol. The maximum atomic E-state index is 10.8. The Bertz CT molecular complexity index is 892. The van der Waals surface area contributed by atoms with E-state index in [0.29, 0.717) is 33.5 Å². The number of phenols is 1. The van der Waals surface area contributed by atoms with Crippen molar-refractivity contribution in [3.05, 3.63) is 69.3 Å². The number of rotatable bonds is 11. The van der Waals surface area contributed by atoms with Crippen LogP contribution in [0.25, 0.3) is 6.08 Å². The molecule has 0 saturated carbocycles. The van der Waals surface area contributed by atoms with Crippen LogP contribution in [0.2, 0.25) is 0 Å². The van der Waals surface area contributed by atoms with Gasteiger partial charge in [0.2, 0.25) is 0 Å². The van der Waals surface area contributed by atoms with Gasteiger partial charge < -0.3 is 24.8 Å². The highest BCUT2D eigenvalue weighted by Crippen LogP contribution is 2.34. The first-order chi connectivity index (χ1) is 14.8. The highest BCUT2D eigenvalue weighted by atomic mass is 127. The second kappa shape index (κ2) is 12.1. The number of allylic oxidation sites excluding steroid dienone is 1. The monoisotopic (exact) mass is 538 g/mol. The summed E-state index contributed by atoms with van der Waals surface area (Å²) in [5.41, 5.74) is 2.80. The molecule has 0 heterocycles. The Labute approximate surface area is 198 Å². The fraction of sp³-hybridized carbons (Fsp3) is 0.360.